The Morgan fingerprint density at radius 2 is 2.06 bits per heavy atom. The molecule has 0 fully saturated rings. The number of hydrogen-bond acceptors (Lipinski definition) is 6. The summed E-state index contributed by atoms with van der Waals surface area (Å²) in [7, 11) is 0. The van der Waals surface area contributed by atoms with E-state index in [4.69, 9.17) is 16.2 Å². The van der Waals surface area contributed by atoms with Crippen LogP contribution in [-0.4, -0.2) is 40.2 Å². The minimum atomic E-state index is -2.09. The first-order valence-corrected chi connectivity index (χ1v) is 10.7. The minimum absolute atomic E-state index is 0.0905. The fraction of sp³-hybridized carbons (Fsp3) is 0.158. The van der Waals surface area contributed by atoms with Crippen LogP contribution in [0.5, 0.6) is 0 Å². The molecule has 4 rings (SSSR count). The predicted molar refractivity (Wildman–Crippen MR) is 117 cm³/mol. The van der Waals surface area contributed by atoms with Gasteiger partial charge in [0.1, 0.15) is 23.4 Å². The molecule has 4 aromatic rings. The lowest BCUT2D eigenvalue weighted by Crippen LogP contribution is -2.18. The van der Waals surface area contributed by atoms with Crippen molar-refractivity contribution in [3.05, 3.63) is 59.5 Å². The first-order valence-electron chi connectivity index (χ1n) is 9.22. The zero-order chi connectivity index (χ0) is 21.8. The van der Waals surface area contributed by atoms with Crippen molar-refractivity contribution < 1.29 is 13.2 Å². The first-order chi connectivity index (χ1) is 15.0. The van der Waals surface area contributed by atoms with Crippen LogP contribution in [0.4, 0.5) is 15.9 Å². The van der Waals surface area contributed by atoms with Crippen molar-refractivity contribution in [1.82, 2.24) is 29.6 Å². The molecule has 12 heteroatoms. The maximum atomic E-state index is 15.2. The van der Waals surface area contributed by atoms with E-state index in [-0.39, 0.29) is 17.3 Å². The SMILES string of the molecule is O=S(O)NCCCc1ccc(Cl)c(Nc2ncccc2-c2ncnc3nc[nH]c23)c1F. The number of H-pyrrole nitrogens is 1. The van der Waals surface area contributed by atoms with Gasteiger partial charge in [0.2, 0.25) is 11.3 Å². The molecule has 0 aliphatic heterocycles. The van der Waals surface area contributed by atoms with Crippen LogP contribution in [0.25, 0.3) is 22.4 Å². The van der Waals surface area contributed by atoms with Crippen LogP contribution < -0.4 is 10.0 Å². The molecule has 0 aliphatic rings. The summed E-state index contributed by atoms with van der Waals surface area (Å²) in [6.07, 6.45) is 5.33. The van der Waals surface area contributed by atoms with E-state index in [2.05, 4.69) is 35.0 Å². The zero-order valence-corrected chi connectivity index (χ0v) is 17.5. The van der Waals surface area contributed by atoms with Gasteiger partial charge >= 0.3 is 0 Å². The van der Waals surface area contributed by atoms with Crippen molar-refractivity contribution in [3.8, 4) is 11.3 Å². The highest BCUT2D eigenvalue weighted by Crippen LogP contribution is 2.35. The molecular weight excluding hydrogens is 445 g/mol. The Hall–Kier alpha value is -2.99. The summed E-state index contributed by atoms with van der Waals surface area (Å²) >= 11 is 4.18. The summed E-state index contributed by atoms with van der Waals surface area (Å²) in [5.41, 5.74) is 2.83. The molecule has 3 aromatic heterocycles. The second kappa shape index (κ2) is 9.43. The van der Waals surface area contributed by atoms with Crippen molar-refractivity contribution in [2.45, 2.75) is 12.8 Å². The topological polar surface area (TPSA) is 129 Å². The van der Waals surface area contributed by atoms with Gasteiger partial charge in [-0.15, -0.1) is 0 Å². The molecule has 0 saturated carbocycles. The Kier molecular flexibility index (Phi) is 6.47. The van der Waals surface area contributed by atoms with Crippen LogP contribution in [0.1, 0.15) is 12.0 Å². The fourth-order valence-corrected chi connectivity index (χ4v) is 3.64. The summed E-state index contributed by atoms with van der Waals surface area (Å²) in [4.78, 5) is 19.9. The highest BCUT2D eigenvalue weighted by molar-refractivity contribution is 7.77. The van der Waals surface area contributed by atoms with Gasteiger partial charge in [-0.1, -0.05) is 17.7 Å². The molecule has 3 heterocycles. The molecule has 0 amide bonds. The van der Waals surface area contributed by atoms with E-state index in [0.29, 0.717) is 46.6 Å². The molecule has 1 atom stereocenters. The normalized spacial score (nSPS) is 12.2. The van der Waals surface area contributed by atoms with Crippen LogP contribution in [-0.2, 0) is 17.7 Å². The third-order valence-corrected chi connectivity index (χ3v) is 5.31. The largest absolute Gasteiger partial charge is 0.341 e. The third-order valence-electron chi connectivity index (χ3n) is 4.55. The van der Waals surface area contributed by atoms with E-state index in [1.54, 1.807) is 30.5 Å². The highest BCUT2D eigenvalue weighted by atomic mass is 35.5. The average molecular weight is 462 g/mol. The molecule has 4 N–H and O–H groups in total. The third kappa shape index (κ3) is 4.69. The van der Waals surface area contributed by atoms with E-state index in [1.807, 2.05) is 0 Å². The molecule has 9 nitrogen and oxygen atoms in total. The minimum Gasteiger partial charge on any atom is -0.341 e. The smallest absolute Gasteiger partial charge is 0.231 e. The summed E-state index contributed by atoms with van der Waals surface area (Å²) in [6.45, 7) is 0.270. The molecule has 160 valence electrons. The van der Waals surface area contributed by atoms with Crippen molar-refractivity contribution >= 4 is 45.5 Å². The number of benzene rings is 1. The summed E-state index contributed by atoms with van der Waals surface area (Å²) in [5, 5.41) is 3.19. The number of aromatic nitrogens is 5. The maximum Gasteiger partial charge on any atom is 0.231 e. The Balaban J connectivity index is 1.65. The van der Waals surface area contributed by atoms with Crippen molar-refractivity contribution in [1.29, 1.82) is 0 Å². The van der Waals surface area contributed by atoms with Gasteiger partial charge in [0.05, 0.1) is 17.0 Å². The predicted octanol–water partition coefficient (Wildman–Crippen LogP) is 3.61. The second-order valence-electron chi connectivity index (χ2n) is 6.49. The molecular formula is C19H17ClFN7O2S. The molecule has 0 aliphatic carbocycles. The number of rotatable bonds is 8. The fourth-order valence-electron chi connectivity index (χ4n) is 3.13. The highest BCUT2D eigenvalue weighted by Gasteiger charge is 2.17. The van der Waals surface area contributed by atoms with Gasteiger partial charge in [-0.2, -0.15) is 0 Å². The molecule has 0 saturated heterocycles. The number of aromatic amines is 1. The number of nitrogens with one attached hydrogen (secondary N) is 3. The Bertz CT molecular complexity index is 1250. The average Bonchev–Trinajstić information content (AvgIpc) is 3.25. The number of imidazole rings is 1. The number of anilines is 2. The van der Waals surface area contributed by atoms with Crippen LogP contribution >= 0.6 is 11.6 Å². The lowest BCUT2D eigenvalue weighted by Gasteiger charge is -2.15. The van der Waals surface area contributed by atoms with Gasteiger partial charge in [-0.05, 0) is 36.6 Å². The molecule has 0 radical (unpaired) electrons. The van der Waals surface area contributed by atoms with Gasteiger partial charge < -0.3 is 10.3 Å². The van der Waals surface area contributed by atoms with E-state index in [0.717, 1.165) is 0 Å². The Labute approximate surface area is 183 Å². The zero-order valence-electron chi connectivity index (χ0n) is 16.0. The molecule has 0 spiro atoms. The number of aryl methyl sites for hydroxylation is 1. The second-order valence-corrected chi connectivity index (χ2v) is 7.68. The lowest BCUT2D eigenvalue weighted by molar-refractivity contribution is 0.546. The number of fused-ring (bicyclic) bond motifs is 1. The summed E-state index contributed by atoms with van der Waals surface area (Å²) in [6, 6.07) is 6.74. The van der Waals surface area contributed by atoms with Gasteiger partial charge in [0.25, 0.3) is 0 Å². The monoisotopic (exact) mass is 461 g/mol. The Morgan fingerprint density at radius 3 is 2.90 bits per heavy atom. The van der Waals surface area contributed by atoms with Crippen LogP contribution in [0.15, 0.2) is 43.1 Å². The Morgan fingerprint density at radius 1 is 1.19 bits per heavy atom. The van der Waals surface area contributed by atoms with Gasteiger partial charge in [-0.25, -0.2) is 33.3 Å². The number of pyridine rings is 1. The number of hydrogen-bond donors (Lipinski definition) is 4. The van der Waals surface area contributed by atoms with Gasteiger partial charge in [-0.3, -0.25) is 4.55 Å². The van der Waals surface area contributed by atoms with Gasteiger partial charge in [0, 0.05) is 18.3 Å². The molecule has 1 aromatic carbocycles. The van der Waals surface area contributed by atoms with Crippen LogP contribution in [0.3, 0.4) is 0 Å². The van der Waals surface area contributed by atoms with E-state index in [1.165, 1.54) is 12.7 Å². The van der Waals surface area contributed by atoms with Crippen LogP contribution in [0.2, 0.25) is 5.02 Å². The molecule has 0 bridgehead atoms. The quantitative estimate of drug-likeness (QED) is 0.233. The van der Waals surface area contributed by atoms with Crippen LogP contribution in [0, 0.1) is 5.82 Å². The number of halogens is 2. The van der Waals surface area contributed by atoms with E-state index >= 15 is 4.39 Å². The number of nitrogens with zero attached hydrogens (tertiary/aromatic N) is 4. The lowest BCUT2D eigenvalue weighted by atomic mass is 10.1. The maximum absolute atomic E-state index is 15.2. The first kappa shape index (κ1) is 21.2. The molecule has 31 heavy (non-hydrogen) atoms. The van der Waals surface area contributed by atoms with Crippen molar-refractivity contribution in [2.75, 3.05) is 11.9 Å². The molecule has 1 unspecified atom stereocenters. The van der Waals surface area contributed by atoms with Crippen molar-refractivity contribution in [2.24, 2.45) is 0 Å². The summed E-state index contributed by atoms with van der Waals surface area (Å²) in [5.74, 6) is -0.143. The van der Waals surface area contributed by atoms with Gasteiger partial charge in [0.15, 0.2) is 11.5 Å². The summed E-state index contributed by atoms with van der Waals surface area (Å²) < 4.78 is 37.0. The standard InChI is InChI=1S/C19H17ClFN7O2S/c20-13-6-5-11(3-1-8-27-31(29)30)14(21)16(13)28-18-12(4-2-7-22-18)15-17-19(25-9-23-15)26-10-24-17/h2,4-7,9-10,27H,1,3,8H2,(H,22,28)(H,29,30)(H,23,24,25,26). The van der Waals surface area contributed by atoms with Crippen molar-refractivity contribution in [3.63, 3.8) is 0 Å². The van der Waals surface area contributed by atoms with E-state index < -0.39 is 17.1 Å². The van der Waals surface area contributed by atoms with E-state index in [9.17, 15) is 4.21 Å².